The fourth-order valence-electron chi connectivity index (χ4n) is 3.90. The van der Waals surface area contributed by atoms with E-state index in [4.69, 9.17) is 4.99 Å². The van der Waals surface area contributed by atoms with Crippen LogP contribution in [-0.2, 0) is 6.54 Å². The van der Waals surface area contributed by atoms with Crippen molar-refractivity contribution >= 4 is 17.2 Å². The van der Waals surface area contributed by atoms with Crippen LogP contribution in [0.25, 0.3) is 0 Å². The second-order valence-corrected chi connectivity index (χ2v) is 6.87. The summed E-state index contributed by atoms with van der Waals surface area (Å²) in [5.74, 6) is 1.01. The van der Waals surface area contributed by atoms with Crippen LogP contribution in [0, 0.1) is 11.3 Å². The predicted molar refractivity (Wildman–Crippen MR) is 102 cm³/mol. The average molecular weight is 330 g/mol. The Morgan fingerprint density at radius 2 is 1.68 bits per heavy atom. The maximum atomic E-state index is 9.30. The van der Waals surface area contributed by atoms with Gasteiger partial charge >= 0.3 is 0 Å². The summed E-state index contributed by atoms with van der Waals surface area (Å²) in [5.41, 5.74) is 3.80. The summed E-state index contributed by atoms with van der Waals surface area (Å²) in [7, 11) is 0. The van der Waals surface area contributed by atoms with Gasteiger partial charge in [0, 0.05) is 0 Å². The predicted octanol–water partition coefficient (Wildman–Crippen LogP) is 4.70. The van der Waals surface area contributed by atoms with Gasteiger partial charge in [0.2, 0.25) is 0 Å². The van der Waals surface area contributed by atoms with Gasteiger partial charge < -0.3 is 10.6 Å². The van der Waals surface area contributed by atoms with Gasteiger partial charge in [-0.05, 0) is 36.6 Å². The zero-order valence-corrected chi connectivity index (χ0v) is 14.3. The van der Waals surface area contributed by atoms with Crippen molar-refractivity contribution in [1.82, 2.24) is 0 Å². The third-order valence-corrected chi connectivity index (χ3v) is 5.26. The van der Waals surface area contributed by atoms with Gasteiger partial charge in [-0.1, -0.05) is 49.6 Å². The summed E-state index contributed by atoms with van der Waals surface area (Å²) < 4.78 is 0. The molecule has 0 saturated heterocycles. The monoisotopic (exact) mass is 330 g/mol. The molecule has 4 nitrogen and oxygen atoms in total. The molecular weight excluding hydrogens is 308 g/mol. The number of hydrogen-bond acceptors (Lipinski definition) is 3. The molecule has 25 heavy (non-hydrogen) atoms. The Morgan fingerprint density at radius 3 is 2.48 bits per heavy atom. The summed E-state index contributed by atoms with van der Waals surface area (Å²) in [6.07, 6.45) is 5.89. The second-order valence-electron chi connectivity index (χ2n) is 6.87. The van der Waals surface area contributed by atoms with Crippen molar-refractivity contribution in [1.29, 1.82) is 5.26 Å². The summed E-state index contributed by atoms with van der Waals surface area (Å²) in [6, 6.07) is 18.3. The first-order valence-electron chi connectivity index (χ1n) is 8.98. The van der Waals surface area contributed by atoms with Gasteiger partial charge in [-0.25, -0.2) is 0 Å². The molecule has 4 heteroatoms. The van der Waals surface area contributed by atoms with Gasteiger partial charge in [0.05, 0.1) is 35.1 Å². The molecule has 0 bridgehead atoms. The number of fused-ring (bicyclic) bond motifs is 1. The van der Waals surface area contributed by atoms with Gasteiger partial charge in [0.25, 0.3) is 0 Å². The Balaban J connectivity index is 1.69. The molecule has 0 atom stereocenters. The molecule has 0 aromatic heterocycles. The molecule has 0 radical (unpaired) electrons. The van der Waals surface area contributed by atoms with Crippen LogP contribution < -0.4 is 10.6 Å². The van der Waals surface area contributed by atoms with E-state index in [1.54, 1.807) is 0 Å². The minimum absolute atomic E-state index is 0.103. The number of nitriles is 1. The maximum absolute atomic E-state index is 9.30. The lowest BCUT2D eigenvalue weighted by atomic mass is 9.79. The van der Waals surface area contributed by atoms with Crippen molar-refractivity contribution < 1.29 is 0 Å². The van der Waals surface area contributed by atoms with Crippen LogP contribution in [0.2, 0.25) is 0 Å². The van der Waals surface area contributed by atoms with Crippen LogP contribution >= 0.6 is 0 Å². The van der Waals surface area contributed by atoms with E-state index in [0.717, 1.165) is 35.6 Å². The topological polar surface area (TPSA) is 60.2 Å². The highest BCUT2D eigenvalue weighted by Gasteiger charge is 2.40. The van der Waals surface area contributed by atoms with Crippen molar-refractivity contribution in [3.05, 3.63) is 59.7 Å². The van der Waals surface area contributed by atoms with Crippen LogP contribution in [-0.4, -0.2) is 11.4 Å². The third kappa shape index (κ3) is 2.98. The first-order chi connectivity index (χ1) is 12.3. The molecule has 1 spiro atoms. The number of nitrogens with zero attached hydrogens (tertiary/aromatic N) is 2. The fourth-order valence-corrected chi connectivity index (χ4v) is 3.90. The molecule has 0 amide bonds. The minimum Gasteiger partial charge on any atom is -0.371 e. The minimum atomic E-state index is -0.103. The average Bonchev–Trinajstić information content (AvgIpc) is 2.67. The van der Waals surface area contributed by atoms with Crippen LogP contribution in [0.15, 0.2) is 53.5 Å². The molecule has 2 aromatic carbocycles. The van der Waals surface area contributed by atoms with Gasteiger partial charge in [0.1, 0.15) is 5.84 Å². The van der Waals surface area contributed by atoms with E-state index in [1.807, 2.05) is 30.3 Å². The van der Waals surface area contributed by atoms with Crippen molar-refractivity contribution in [2.45, 2.75) is 44.2 Å². The fraction of sp³-hybridized carbons (Fsp3) is 0.333. The maximum Gasteiger partial charge on any atom is 0.127 e. The number of para-hydroxylation sites is 2. The molecule has 4 rings (SSSR count). The van der Waals surface area contributed by atoms with E-state index in [9.17, 15) is 5.26 Å². The van der Waals surface area contributed by atoms with Crippen LogP contribution in [0.1, 0.15) is 43.2 Å². The van der Waals surface area contributed by atoms with Crippen molar-refractivity contribution in [2.75, 3.05) is 10.6 Å². The highest BCUT2D eigenvalue weighted by atomic mass is 15.2. The number of amidine groups is 1. The highest BCUT2D eigenvalue weighted by Crippen LogP contribution is 2.39. The number of nitrogens with one attached hydrogen (secondary N) is 2. The van der Waals surface area contributed by atoms with E-state index in [2.05, 4.69) is 34.9 Å². The smallest absolute Gasteiger partial charge is 0.127 e. The van der Waals surface area contributed by atoms with Crippen LogP contribution in [0.3, 0.4) is 0 Å². The molecule has 1 aliphatic heterocycles. The SMILES string of the molecule is N#Cc1ccccc1CN=C1Nc2ccccc2NC12CCCCC2. The lowest BCUT2D eigenvalue weighted by Crippen LogP contribution is -2.53. The summed E-state index contributed by atoms with van der Waals surface area (Å²) in [5, 5.41) is 16.6. The van der Waals surface area contributed by atoms with Crippen molar-refractivity contribution in [3.63, 3.8) is 0 Å². The summed E-state index contributed by atoms with van der Waals surface area (Å²) >= 11 is 0. The summed E-state index contributed by atoms with van der Waals surface area (Å²) in [4.78, 5) is 4.93. The molecule has 2 aliphatic rings. The van der Waals surface area contributed by atoms with E-state index in [1.165, 1.54) is 19.3 Å². The van der Waals surface area contributed by atoms with Crippen LogP contribution in [0.4, 0.5) is 11.4 Å². The quantitative estimate of drug-likeness (QED) is 0.839. The number of hydrogen-bond donors (Lipinski definition) is 2. The number of aliphatic imine (C=N–C) groups is 1. The number of rotatable bonds is 2. The van der Waals surface area contributed by atoms with Gasteiger partial charge in [-0.2, -0.15) is 5.26 Å². The molecule has 1 aliphatic carbocycles. The number of anilines is 2. The van der Waals surface area contributed by atoms with E-state index in [0.29, 0.717) is 12.1 Å². The normalized spacial score (nSPS) is 19.6. The Kier molecular flexibility index (Phi) is 4.15. The first kappa shape index (κ1) is 15.7. The standard InChI is InChI=1S/C21H22N4/c22-14-16-8-2-3-9-17(16)15-23-20-21(12-6-1-7-13-21)25-19-11-5-4-10-18(19)24-20/h2-5,8-11,25H,1,6-7,12-13,15H2,(H,23,24). The zero-order chi connectivity index (χ0) is 17.1. The Bertz CT molecular complexity index is 841. The lowest BCUT2D eigenvalue weighted by molar-refractivity contribution is 0.403. The molecule has 126 valence electrons. The Labute approximate surface area is 148 Å². The molecule has 1 heterocycles. The molecule has 0 unspecified atom stereocenters. The molecule has 2 N–H and O–H groups in total. The second kappa shape index (κ2) is 6.60. The van der Waals surface area contributed by atoms with Gasteiger partial charge in [-0.3, -0.25) is 4.99 Å². The zero-order valence-electron chi connectivity index (χ0n) is 14.3. The van der Waals surface area contributed by atoms with Crippen molar-refractivity contribution in [3.8, 4) is 6.07 Å². The van der Waals surface area contributed by atoms with Crippen LogP contribution in [0.5, 0.6) is 0 Å². The lowest BCUT2D eigenvalue weighted by Gasteiger charge is -2.44. The van der Waals surface area contributed by atoms with Gasteiger partial charge in [0.15, 0.2) is 0 Å². The van der Waals surface area contributed by atoms with E-state index >= 15 is 0 Å². The summed E-state index contributed by atoms with van der Waals surface area (Å²) in [6.45, 7) is 0.525. The Morgan fingerprint density at radius 1 is 0.960 bits per heavy atom. The molecule has 1 fully saturated rings. The van der Waals surface area contributed by atoms with Crippen molar-refractivity contribution in [2.24, 2.45) is 4.99 Å². The van der Waals surface area contributed by atoms with E-state index in [-0.39, 0.29) is 5.54 Å². The highest BCUT2D eigenvalue weighted by molar-refractivity contribution is 6.09. The molecule has 2 aromatic rings. The molecular formula is C21H22N4. The largest absolute Gasteiger partial charge is 0.371 e. The number of benzene rings is 2. The van der Waals surface area contributed by atoms with E-state index < -0.39 is 0 Å². The molecule has 1 saturated carbocycles. The first-order valence-corrected chi connectivity index (χ1v) is 8.98. The van der Waals surface area contributed by atoms with Gasteiger partial charge in [-0.15, -0.1) is 0 Å². The third-order valence-electron chi connectivity index (χ3n) is 5.26. The Hall–Kier alpha value is -2.80.